The number of alkyl halides is 3. The highest BCUT2D eigenvalue weighted by molar-refractivity contribution is 5.80. The third-order valence-corrected chi connectivity index (χ3v) is 4.32. The van der Waals surface area contributed by atoms with Gasteiger partial charge in [0.1, 0.15) is 12.6 Å². The molecular weight excluding hydrogens is 289 g/mol. The minimum atomic E-state index is -4.46. The number of fused-ring (bicyclic) bond motifs is 1. The number of amides is 1. The third kappa shape index (κ3) is 4.09. The van der Waals surface area contributed by atoms with Crippen molar-refractivity contribution in [3.63, 3.8) is 0 Å². The number of carbonyl (C=O) groups is 2. The van der Waals surface area contributed by atoms with Gasteiger partial charge in [-0.15, -0.1) is 0 Å². The van der Waals surface area contributed by atoms with E-state index in [9.17, 15) is 27.9 Å². The monoisotopic (exact) mass is 308 g/mol. The SMILES string of the molecule is O=C(CN1[C@@H]2CCCC[C@H]2C[C@H]1C(=O)O)NCC(F)(F)F. The molecule has 0 aromatic rings. The fraction of sp³-hybridized carbons (Fsp3) is 0.846. The predicted octanol–water partition coefficient (Wildman–Crippen LogP) is 1.38. The van der Waals surface area contributed by atoms with Gasteiger partial charge in [-0.25, -0.2) is 0 Å². The van der Waals surface area contributed by atoms with Crippen LogP contribution >= 0.6 is 0 Å². The van der Waals surface area contributed by atoms with Gasteiger partial charge in [-0.2, -0.15) is 13.2 Å². The molecule has 3 atom stereocenters. The lowest BCUT2D eigenvalue weighted by Crippen LogP contribution is -2.48. The van der Waals surface area contributed by atoms with E-state index in [1.54, 1.807) is 10.2 Å². The number of hydrogen-bond acceptors (Lipinski definition) is 3. The van der Waals surface area contributed by atoms with E-state index in [0.29, 0.717) is 6.42 Å². The number of halogens is 3. The minimum absolute atomic E-state index is 0.00325. The Morgan fingerprint density at radius 1 is 1.24 bits per heavy atom. The fourth-order valence-electron chi connectivity index (χ4n) is 3.44. The molecule has 1 saturated carbocycles. The van der Waals surface area contributed by atoms with Gasteiger partial charge in [-0.3, -0.25) is 14.5 Å². The van der Waals surface area contributed by atoms with E-state index < -0.39 is 30.6 Å². The number of carboxylic acids is 1. The lowest BCUT2D eigenvalue weighted by atomic mass is 9.85. The zero-order valence-electron chi connectivity index (χ0n) is 11.5. The van der Waals surface area contributed by atoms with Crippen LogP contribution in [-0.2, 0) is 9.59 Å². The lowest BCUT2D eigenvalue weighted by Gasteiger charge is -2.32. The Kier molecular flexibility index (Phi) is 4.75. The summed E-state index contributed by atoms with van der Waals surface area (Å²) in [7, 11) is 0. The van der Waals surface area contributed by atoms with E-state index in [1.165, 1.54) is 0 Å². The average Bonchev–Trinajstić information content (AvgIpc) is 2.75. The molecule has 2 N–H and O–H groups in total. The molecule has 8 heteroatoms. The summed E-state index contributed by atoms with van der Waals surface area (Å²) in [5.74, 6) is -1.55. The Hall–Kier alpha value is -1.31. The predicted molar refractivity (Wildman–Crippen MR) is 67.6 cm³/mol. The van der Waals surface area contributed by atoms with Crippen molar-refractivity contribution in [3.8, 4) is 0 Å². The van der Waals surface area contributed by atoms with E-state index in [1.807, 2.05) is 0 Å². The van der Waals surface area contributed by atoms with Gasteiger partial charge in [0, 0.05) is 6.04 Å². The van der Waals surface area contributed by atoms with E-state index in [0.717, 1.165) is 25.7 Å². The van der Waals surface area contributed by atoms with Gasteiger partial charge < -0.3 is 10.4 Å². The number of aliphatic carboxylic acids is 1. The first kappa shape index (κ1) is 16.1. The molecule has 2 aliphatic rings. The summed E-state index contributed by atoms with van der Waals surface area (Å²) in [4.78, 5) is 24.5. The molecule has 1 heterocycles. The van der Waals surface area contributed by atoms with Crippen LogP contribution in [0.25, 0.3) is 0 Å². The standard InChI is InChI=1S/C13H19F3N2O3/c14-13(15,16)7-17-11(19)6-18-9-4-2-1-3-8(9)5-10(18)12(20)21/h8-10H,1-7H2,(H,17,19)(H,20,21)/t8-,9+,10-/m0/s1. The molecule has 0 spiro atoms. The molecule has 0 unspecified atom stereocenters. The number of carbonyl (C=O) groups excluding carboxylic acids is 1. The summed E-state index contributed by atoms with van der Waals surface area (Å²) in [6, 6.07) is -0.772. The van der Waals surface area contributed by atoms with Crippen molar-refractivity contribution in [2.24, 2.45) is 5.92 Å². The smallest absolute Gasteiger partial charge is 0.405 e. The minimum Gasteiger partial charge on any atom is -0.480 e. The van der Waals surface area contributed by atoms with Crippen LogP contribution in [0, 0.1) is 5.92 Å². The maximum Gasteiger partial charge on any atom is 0.405 e. The number of likely N-dealkylation sites (tertiary alicyclic amines) is 1. The summed E-state index contributed by atoms with van der Waals surface area (Å²) >= 11 is 0. The molecule has 120 valence electrons. The van der Waals surface area contributed by atoms with Gasteiger partial charge >= 0.3 is 12.1 Å². The quantitative estimate of drug-likeness (QED) is 0.823. The normalized spacial score (nSPS) is 30.0. The molecular formula is C13H19F3N2O3. The zero-order chi connectivity index (χ0) is 15.6. The number of hydrogen-bond donors (Lipinski definition) is 2. The van der Waals surface area contributed by atoms with Crippen LogP contribution in [0.5, 0.6) is 0 Å². The van der Waals surface area contributed by atoms with Crippen molar-refractivity contribution in [3.05, 3.63) is 0 Å². The van der Waals surface area contributed by atoms with Crippen LogP contribution in [0.3, 0.4) is 0 Å². The Balaban J connectivity index is 1.97. The highest BCUT2D eigenvalue weighted by Gasteiger charge is 2.45. The first-order chi connectivity index (χ1) is 9.78. The van der Waals surface area contributed by atoms with Crippen molar-refractivity contribution in [1.82, 2.24) is 10.2 Å². The van der Waals surface area contributed by atoms with E-state index in [4.69, 9.17) is 0 Å². The molecule has 2 fully saturated rings. The van der Waals surface area contributed by atoms with Crippen molar-refractivity contribution in [2.75, 3.05) is 13.1 Å². The van der Waals surface area contributed by atoms with Crippen LogP contribution in [0.15, 0.2) is 0 Å². The van der Waals surface area contributed by atoms with E-state index in [2.05, 4.69) is 0 Å². The van der Waals surface area contributed by atoms with Crippen LogP contribution in [0.2, 0.25) is 0 Å². The molecule has 5 nitrogen and oxygen atoms in total. The largest absolute Gasteiger partial charge is 0.480 e. The second-order valence-electron chi connectivity index (χ2n) is 5.77. The summed E-state index contributed by atoms with van der Waals surface area (Å²) in [5.41, 5.74) is 0. The maximum atomic E-state index is 12.1. The topological polar surface area (TPSA) is 69.6 Å². The van der Waals surface area contributed by atoms with Crippen molar-refractivity contribution >= 4 is 11.9 Å². The maximum absolute atomic E-state index is 12.1. The molecule has 1 saturated heterocycles. The summed E-state index contributed by atoms with van der Waals surface area (Å²) < 4.78 is 36.2. The Morgan fingerprint density at radius 2 is 1.90 bits per heavy atom. The zero-order valence-corrected chi connectivity index (χ0v) is 11.5. The van der Waals surface area contributed by atoms with Crippen LogP contribution in [0.1, 0.15) is 32.1 Å². The van der Waals surface area contributed by atoms with E-state index >= 15 is 0 Å². The second-order valence-corrected chi connectivity index (χ2v) is 5.77. The molecule has 0 radical (unpaired) electrons. The lowest BCUT2D eigenvalue weighted by molar-refractivity contribution is -0.145. The summed E-state index contributed by atoms with van der Waals surface area (Å²) in [6.07, 6.45) is -0.237. The van der Waals surface area contributed by atoms with Gasteiger partial charge in [0.25, 0.3) is 0 Å². The molecule has 1 aliphatic heterocycles. The average molecular weight is 308 g/mol. The van der Waals surface area contributed by atoms with Crippen molar-refractivity contribution < 1.29 is 27.9 Å². The molecule has 0 bridgehead atoms. The van der Waals surface area contributed by atoms with Crippen LogP contribution in [-0.4, -0.2) is 53.2 Å². The number of carboxylic acid groups (broad SMARTS) is 1. The summed E-state index contributed by atoms with van der Waals surface area (Å²) in [6.45, 7) is -1.67. The number of rotatable bonds is 4. The Morgan fingerprint density at radius 3 is 2.52 bits per heavy atom. The van der Waals surface area contributed by atoms with Crippen LogP contribution < -0.4 is 5.32 Å². The van der Waals surface area contributed by atoms with Gasteiger partial charge in [0.15, 0.2) is 0 Å². The molecule has 0 aromatic heterocycles. The van der Waals surface area contributed by atoms with Gasteiger partial charge in [0.05, 0.1) is 6.54 Å². The molecule has 0 aromatic carbocycles. The summed E-state index contributed by atoms with van der Waals surface area (Å²) in [5, 5.41) is 11.1. The second kappa shape index (κ2) is 6.21. The van der Waals surface area contributed by atoms with Gasteiger partial charge in [-0.05, 0) is 25.2 Å². The third-order valence-electron chi connectivity index (χ3n) is 4.32. The molecule has 2 rings (SSSR count). The highest BCUT2D eigenvalue weighted by Crippen LogP contribution is 2.39. The van der Waals surface area contributed by atoms with Crippen LogP contribution in [0.4, 0.5) is 13.2 Å². The molecule has 1 amide bonds. The Labute approximate surface area is 120 Å². The molecule has 21 heavy (non-hydrogen) atoms. The first-order valence-electron chi connectivity index (χ1n) is 7.10. The van der Waals surface area contributed by atoms with Gasteiger partial charge in [0.2, 0.25) is 5.91 Å². The van der Waals surface area contributed by atoms with Gasteiger partial charge in [-0.1, -0.05) is 12.8 Å². The highest BCUT2D eigenvalue weighted by atomic mass is 19.4. The number of nitrogens with zero attached hydrogens (tertiary/aromatic N) is 1. The first-order valence-corrected chi connectivity index (χ1v) is 7.10. The number of nitrogens with one attached hydrogen (secondary N) is 1. The fourth-order valence-corrected chi connectivity index (χ4v) is 3.44. The van der Waals surface area contributed by atoms with E-state index in [-0.39, 0.29) is 18.5 Å². The van der Waals surface area contributed by atoms with Crippen molar-refractivity contribution in [2.45, 2.75) is 50.4 Å². The van der Waals surface area contributed by atoms with Crippen molar-refractivity contribution in [1.29, 1.82) is 0 Å². The Bertz CT molecular complexity index is 414. The molecule has 1 aliphatic carbocycles.